The van der Waals surface area contributed by atoms with Crippen molar-refractivity contribution in [2.45, 2.75) is 0 Å². The van der Waals surface area contributed by atoms with Crippen LogP contribution in [0.25, 0.3) is 0 Å². The van der Waals surface area contributed by atoms with Crippen LogP contribution in [0.1, 0.15) is 0 Å². The molecule has 0 saturated carbocycles. The molecule has 44 valence electrons. The Hall–Kier alpha value is 2.13. The van der Waals surface area contributed by atoms with Crippen molar-refractivity contribution in [1.82, 2.24) is 0 Å². The predicted molar refractivity (Wildman–Crippen MR) is 20.9 cm³/mol. The Balaban J connectivity index is -0.0000000233. The van der Waals surface area contributed by atoms with E-state index < -0.39 is 20.0 Å². The Morgan fingerprint density at radius 3 is 1.33 bits per heavy atom. The molecule has 0 aromatic rings. The van der Waals surface area contributed by atoms with E-state index in [1.165, 1.54) is 0 Å². The van der Waals surface area contributed by atoms with Crippen LogP contribution in [0.2, 0.25) is 0 Å². The van der Waals surface area contributed by atoms with Crippen LogP contribution in [-0.4, -0.2) is 18.2 Å². The molecule has 0 radical (unpaired) electrons. The molecule has 0 aromatic carbocycles. The van der Waals surface area contributed by atoms with Crippen LogP contribution in [-0.2, 0) is 15.9 Å². The molecule has 0 bridgehead atoms. The van der Waals surface area contributed by atoms with Gasteiger partial charge in [-0.25, -0.2) is 0 Å². The molecule has 0 aromatic heterocycles. The van der Waals surface area contributed by atoms with Crippen molar-refractivity contribution < 1.29 is 81.9 Å². The topological polar surface area (TPSA) is 100 Å². The molecule has 0 aliphatic carbocycles. The first-order valence-electron chi connectivity index (χ1n) is 0.928. The van der Waals surface area contributed by atoms with Gasteiger partial charge >= 0.3 is 67.8 Å². The smallest absolute Gasteiger partial charge is 0.784 e. The largest absolute Gasteiger partial charge is 1.00 e. The van der Waals surface area contributed by atoms with Gasteiger partial charge in [0.1, 0.15) is 0 Å². The average molecular weight is 191 g/mol. The molecule has 0 aliphatic heterocycles. The predicted octanol–water partition coefficient (Wildman–Crippen LogP) is -7.08. The Bertz CT molecular complexity index is 62.0. The maximum atomic E-state index is 8.51. The van der Waals surface area contributed by atoms with Gasteiger partial charge in [0.15, 0.2) is 0 Å². The van der Waals surface area contributed by atoms with E-state index in [2.05, 4.69) is 0 Å². The summed E-state index contributed by atoms with van der Waals surface area (Å²) in [5.74, 6) is 0. The SMILES string of the molecule is O=S([O-])[O-].O=[PH+]O.[Na+].[Na+]. The van der Waals surface area contributed by atoms with Gasteiger partial charge in [0.05, 0.1) is 0 Å². The van der Waals surface area contributed by atoms with Crippen LogP contribution in [0, 0.1) is 0 Å². The van der Waals surface area contributed by atoms with Crippen LogP contribution in [0.15, 0.2) is 0 Å². The molecule has 0 amide bonds. The number of rotatable bonds is 0. The van der Waals surface area contributed by atoms with E-state index >= 15 is 0 Å². The monoisotopic (exact) mass is 191 g/mol. The first kappa shape index (κ1) is 22.5. The van der Waals surface area contributed by atoms with E-state index in [9.17, 15) is 0 Å². The zero-order chi connectivity index (χ0) is 6.28. The zero-order valence-electron chi connectivity index (χ0n) is 4.99. The van der Waals surface area contributed by atoms with Crippen LogP contribution < -0.4 is 59.1 Å². The molecule has 0 rings (SSSR count). The molecule has 0 saturated heterocycles. The third-order valence-corrected chi connectivity index (χ3v) is 0. The van der Waals surface area contributed by atoms with Crippen LogP contribution in [0.3, 0.4) is 0 Å². The maximum Gasteiger partial charge on any atom is 1.00 e. The first-order chi connectivity index (χ1) is 3.15. The van der Waals surface area contributed by atoms with E-state index in [4.69, 9.17) is 22.8 Å². The van der Waals surface area contributed by atoms with Gasteiger partial charge < -0.3 is 9.11 Å². The summed E-state index contributed by atoms with van der Waals surface area (Å²) in [4.78, 5) is 7.04. The molecule has 9 heavy (non-hydrogen) atoms. The van der Waals surface area contributed by atoms with E-state index in [1.807, 2.05) is 0 Å². The van der Waals surface area contributed by atoms with Gasteiger partial charge in [0.2, 0.25) is 0 Å². The zero-order valence-corrected chi connectivity index (χ0v) is 10.8. The third kappa shape index (κ3) is 148. The summed E-state index contributed by atoms with van der Waals surface area (Å²) < 4.78 is 33.8. The molecular weight excluding hydrogens is 189 g/mol. The molecule has 1 unspecified atom stereocenters. The summed E-state index contributed by atoms with van der Waals surface area (Å²) in [7, 11) is -1.17. The Morgan fingerprint density at radius 2 is 1.33 bits per heavy atom. The second-order valence-electron chi connectivity index (χ2n) is 0.295. The summed E-state index contributed by atoms with van der Waals surface area (Å²) in [6.45, 7) is 0. The van der Waals surface area contributed by atoms with Crippen molar-refractivity contribution in [2.24, 2.45) is 0 Å². The Labute approximate surface area is 101 Å². The van der Waals surface area contributed by atoms with E-state index in [0.717, 1.165) is 0 Å². The van der Waals surface area contributed by atoms with Crippen molar-refractivity contribution in [3.05, 3.63) is 0 Å². The minimum absolute atomic E-state index is 0. The third-order valence-electron chi connectivity index (χ3n) is 0. The van der Waals surface area contributed by atoms with E-state index in [-0.39, 0.29) is 59.1 Å². The Morgan fingerprint density at radius 1 is 1.33 bits per heavy atom. The molecule has 0 aliphatic rings. The summed E-state index contributed by atoms with van der Waals surface area (Å²) in [6.07, 6.45) is 0. The maximum absolute atomic E-state index is 8.51. The van der Waals surface area contributed by atoms with Gasteiger partial charge in [-0.2, -0.15) is 4.89 Å². The Kier molecular flexibility index (Phi) is 56.1. The van der Waals surface area contributed by atoms with Gasteiger partial charge in [0, 0.05) is 0 Å². The fourth-order valence-corrected chi connectivity index (χ4v) is 0. The molecule has 0 spiro atoms. The minimum Gasteiger partial charge on any atom is -0.784 e. The molecule has 5 nitrogen and oxygen atoms in total. The fourth-order valence-electron chi connectivity index (χ4n) is 0. The van der Waals surface area contributed by atoms with Gasteiger partial charge in [-0.1, -0.05) is 0 Å². The van der Waals surface area contributed by atoms with Gasteiger partial charge in [-0.15, -0.1) is 11.4 Å². The number of hydrogen-bond acceptors (Lipinski definition) is 4. The summed E-state index contributed by atoms with van der Waals surface area (Å²) in [6, 6.07) is 0. The molecule has 1 N–H and O–H groups in total. The van der Waals surface area contributed by atoms with Crippen molar-refractivity contribution in [2.75, 3.05) is 0 Å². The van der Waals surface area contributed by atoms with E-state index in [0.29, 0.717) is 0 Å². The standard InChI is InChI=1S/2Na.H2O3S.HO2P/c;;1-4(2)3;1-3-2/h;;(H2,1,2,3);3H/q2*+1;;/p-1. The van der Waals surface area contributed by atoms with Crippen molar-refractivity contribution >= 4 is 20.0 Å². The number of hydrogen-bond donors (Lipinski definition) is 1. The van der Waals surface area contributed by atoms with Gasteiger partial charge in [-0.05, 0) is 4.57 Å². The van der Waals surface area contributed by atoms with Crippen LogP contribution in [0.5, 0.6) is 0 Å². The summed E-state index contributed by atoms with van der Waals surface area (Å²) in [5.41, 5.74) is 0. The quantitative estimate of drug-likeness (QED) is 0.233. The van der Waals surface area contributed by atoms with Gasteiger partial charge in [0.25, 0.3) is 0 Å². The summed E-state index contributed by atoms with van der Waals surface area (Å²) >= 11 is -3.11. The van der Waals surface area contributed by atoms with Crippen molar-refractivity contribution in [1.29, 1.82) is 0 Å². The molecule has 1 atom stereocenters. The van der Waals surface area contributed by atoms with Crippen LogP contribution in [0.4, 0.5) is 0 Å². The summed E-state index contributed by atoms with van der Waals surface area (Å²) in [5, 5.41) is 0. The van der Waals surface area contributed by atoms with Crippen molar-refractivity contribution in [3.8, 4) is 0 Å². The van der Waals surface area contributed by atoms with Gasteiger partial charge in [-0.3, -0.25) is 4.21 Å². The second-order valence-corrected chi connectivity index (χ2v) is 0.886. The normalized spacial score (nSPS) is 6.22. The minimum atomic E-state index is -3.11. The fraction of sp³-hybridized carbons (Fsp3) is 0. The molecule has 0 fully saturated rings. The first-order valence-corrected chi connectivity index (χ1v) is 2.78. The second kappa shape index (κ2) is 22.5. The van der Waals surface area contributed by atoms with Crippen LogP contribution >= 0.6 is 8.69 Å². The molecular formula is H2Na2O5PS+. The molecule has 0 heterocycles. The van der Waals surface area contributed by atoms with E-state index in [1.54, 1.807) is 0 Å². The average Bonchev–Trinajstić information content (AvgIpc) is 1.33. The van der Waals surface area contributed by atoms with Crippen molar-refractivity contribution in [3.63, 3.8) is 0 Å². The molecule has 9 heteroatoms.